The van der Waals surface area contributed by atoms with E-state index in [1.807, 2.05) is 36.9 Å². The molecule has 2 atom stereocenters. The Balaban J connectivity index is 1.48. The highest BCUT2D eigenvalue weighted by molar-refractivity contribution is 6.39. The van der Waals surface area contributed by atoms with E-state index in [0.29, 0.717) is 31.8 Å². The normalized spacial score (nSPS) is 26.3. The van der Waals surface area contributed by atoms with Gasteiger partial charge in [-0.3, -0.25) is 9.59 Å². The van der Waals surface area contributed by atoms with Crippen molar-refractivity contribution in [2.45, 2.75) is 70.2 Å². The van der Waals surface area contributed by atoms with Crippen LogP contribution in [-0.4, -0.2) is 53.2 Å². The summed E-state index contributed by atoms with van der Waals surface area (Å²) in [5.41, 5.74) is 0.904. The number of carbonyl (C=O) groups excluding carboxylic acids is 2. The van der Waals surface area contributed by atoms with Crippen molar-refractivity contribution >= 4 is 17.5 Å². The fourth-order valence-electron chi connectivity index (χ4n) is 4.52. The van der Waals surface area contributed by atoms with Crippen LogP contribution in [0.3, 0.4) is 0 Å². The number of rotatable bonds is 6. The fourth-order valence-corrected chi connectivity index (χ4v) is 4.52. The Morgan fingerprint density at radius 1 is 1.23 bits per heavy atom. The lowest BCUT2D eigenvalue weighted by molar-refractivity contribution is -0.150. The number of benzene rings is 1. The molecular formula is C23H32N4O3. The van der Waals surface area contributed by atoms with E-state index in [4.69, 9.17) is 4.84 Å². The zero-order valence-electron chi connectivity index (χ0n) is 17.9. The molecule has 7 heteroatoms. The lowest BCUT2D eigenvalue weighted by Crippen LogP contribution is -2.63. The van der Waals surface area contributed by atoms with Gasteiger partial charge in [0.1, 0.15) is 5.71 Å². The smallest absolute Gasteiger partial charge is 0.269 e. The van der Waals surface area contributed by atoms with Crippen molar-refractivity contribution in [2.24, 2.45) is 11.1 Å². The number of likely N-dealkylation sites (tertiary alicyclic amines) is 1. The third-order valence-electron chi connectivity index (χ3n) is 6.43. The molecule has 4 rings (SSSR count). The summed E-state index contributed by atoms with van der Waals surface area (Å²) in [6, 6.07) is 10.3. The minimum atomic E-state index is -0.698. The number of carbonyl (C=O) groups is 2. The van der Waals surface area contributed by atoms with E-state index in [2.05, 4.69) is 27.9 Å². The number of amides is 2. The van der Waals surface area contributed by atoms with Crippen LogP contribution in [0.5, 0.6) is 0 Å². The lowest BCUT2D eigenvalue weighted by atomic mass is 9.80. The Hall–Kier alpha value is -2.41. The van der Waals surface area contributed by atoms with Crippen LogP contribution in [-0.2, 0) is 21.0 Å². The van der Waals surface area contributed by atoms with Gasteiger partial charge in [-0.2, -0.15) is 0 Å². The van der Waals surface area contributed by atoms with Crippen LogP contribution in [0.4, 0.5) is 0 Å². The van der Waals surface area contributed by atoms with Gasteiger partial charge in [0.2, 0.25) is 5.91 Å². The lowest BCUT2D eigenvalue weighted by Gasteiger charge is -2.45. The molecule has 162 valence electrons. The second kappa shape index (κ2) is 8.76. The molecule has 0 bridgehead atoms. The van der Waals surface area contributed by atoms with E-state index in [1.165, 1.54) is 5.56 Å². The minimum Gasteiger partial charge on any atom is -0.385 e. The quantitative estimate of drug-likeness (QED) is 0.751. The molecule has 2 amide bonds. The third-order valence-corrected chi connectivity index (χ3v) is 6.43. The molecule has 1 aromatic carbocycles. The first-order valence-corrected chi connectivity index (χ1v) is 11.1. The molecule has 0 radical (unpaired) electrons. The number of oxime groups is 1. The second-order valence-electron chi connectivity index (χ2n) is 9.09. The maximum absolute atomic E-state index is 12.9. The van der Waals surface area contributed by atoms with Gasteiger partial charge >= 0.3 is 0 Å². The summed E-state index contributed by atoms with van der Waals surface area (Å²) in [4.78, 5) is 33.3. The topological polar surface area (TPSA) is 83.0 Å². The Kier molecular flexibility index (Phi) is 6.09. The van der Waals surface area contributed by atoms with E-state index >= 15 is 0 Å². The van der Waals surface area contributed by atoms with Gasteiger partial charge in [-0.15, -0.1) is 0 Å². The van der Waals surface area contributed by atoms with Gasteiger partial charge < -0.3 is 20.4 Å². The van der Waals surface area contributed by atoms with E-state index in [9.17, 15) is 9.59 Å². The molecule has 2 fully saturated rings. The van der Waals surface area contributed by atoms with E-state index in [1.54, 1.807) is 0 Å². The van der Waals surface area contributed by atoms with Gasteiger partial charge in [-0.25, -0.2) is 0 Å². The fraction of sp³-hybridized carbons (Fsp3) is 0.609. The number of nitrogens with zero attached hydrogens (tertiary/aromatic N) is 2. The summed E-state index contributed by atoms with van der Waals surface area (Å²) < 4.78 is 0. The second-order valence-corrected chi connectivity index (χ2v) is 9.09. The van der Waals surface area contributed by atoms with Crippen LogP contribution < -0.4 is 10.6 Å². The monoisotopic (exact) mass is 412 g/mol. The highest BCUT2D eigenvalue weighted by Crippen LogP contribution is 2.36. The number of piperidine rings is 1. The molecule has 1 aliphatic carbocycles. The van der Waals surface area contributed by atoms with Gasteiger partial charge in [0.25, 0.3) is 5.91 Å². The van der Waals surface area contributed by atoms with Crippen LogP contribution in [0.1, 0.15) is 51.5 Å². The molecule has 2 heterocycles. The van der Waals surface area contributed by atoms with Crippen molar-refractivity contribution in [2.75, 3.05) is 13.1 Å². The van der Waals surface area contributed by atoms with E-state index in [0.717, 1.165) is 25.7 Å². The first-order chi connectivity index (χ1) is 14.5. The standard InChI is InChI=1S/C23H32N4O3/c1-16(2)25-21(28)19-13-23(30-26-19)15-27(22(29)18-9-6-10-18)12-11-20(23)24-14-17-7-4-3-5-8-17/h3-5,7-8,16,18,20,24H,6,9-15H2,1-2H3,(H,25,28). The van der Waals surface area contributed by atoms with Gasteiger partial charge in [0.05, 0.1) is 12.6 Å². The molecule has 2 unspecified atom stereocenters. The van der Waals surface area contributed by atoms with Crippen molar-refractivity contribution in [3.8, 4) is 0 Å². The largest absolute Gasteiger partial charge is 0.385 e. The zero-order valence-corrected chi connectivity index (χ0v) is 17.9. The maximum atomic E-state index is 12.9. The number of nitrogens with one attached hydrogen (secondary N) is 2. The third kappa shape index (κ3) is 4.36. The predicted molar refractivity (Wildman–Crippen MR) is 115 cm³/mol. The van der Waals surface area contributed by atoms with Crippen LogP contribution in [0.25, 0.3) is 0 Å². The number of hydrogen-bond acceptors (Lipinski definition) is 5. The molecule has 3 aliphatic rings. The molecule has 30 heavy (non-hydrogen) atoms. The van der Waals surface area contributed by atoms with Crippen LogP contribution >= 0.6 is 0 Å². The molecular weight excluding hydrogens is 380 g/mol. The summed E-state index contributed by atoms with van der Waals surface area (Å²) in [6.07, 6.45) is 4.29. The summed E-state index contributed by atoms with van der Waals surface area (Å²) in [5.74, 6) is 0.193. The minimum absolute atomic E-state index is 0.0104. The first kappa shape index (κ1) is 20.8. The molecule has 0 aromatic heterocycles. The Morgan fingerprint density at radius 3 is 2.67 bits per heavy atom. The molecule has 1 aromatic rings. The highest BCUT2D eigenvalue weighted by atomic mass is 16.7. The van der Waals surface area contributed by atoms with Crippen molar-refractivity contribution in [3.05, 3.63) is 35.9 Å². The average molecular weight is 413 g/mol. The molecule has 1 spiro atoms. The van der Waals surface area contributed by atoms with Gasteiger partial charge in [0.15, 0.2) is 5.60 Å². The van der Waals surface area contributed by atoms with Gasteiger partial charge in [-0.05, 0) is 38.7 Å². The average Bonchev–Trinajstić information content (AvgIpc) is 3.10. The van der Waals surface area contributed by atoms with Crippen molar-refractivity contribution in [3.63, 3.8) is 0 Å². The summed E-state index contributed by atoms with van der Waals surface area (Å²) in [6.45, 7) is 5.74. The Bertz CT molecular complexity index is 806. The van der Waals surface area contributed by atoms with Crippen molar-refractivity contribution < 1.29 is 14.4 Å². The summed E-state index contributed by atoms with van der Waals surface area (Å²) >= 11 is 0. The van der Waals surface area contributed by atoms with Crippen molar-refractivity contribution in [1.29, 1.82) is 0 Å². The van der Waals surface area contributed by atoms with E-state index in [-0.39, 0.29) is 29.8 Å². The van der Waals surface area contributed by atoms with Gasteiger partial charge in [0, 0.05) is 31.5 Å². The predicted octanol–water partition coefficient (Wildman–Crippen LogP) is 2.22. The van der Waals surface area contributed by atoms with Crippen molar-refractivity contribution in [1.82, 2.24) is 15.5 Å². The van der Waals surface area contributed by atoms with Gasteiger partial charge in [-0.1, -0.05) is 41.9 Å². The van der Waals surface area contributed by atoms with Crippen LogP contribution in [0.15, 0.2) is 35.5 Å². The Labute approximate surface area is 178 Å². The highest BCUT2D eigenvalue weighted by Gasteiger charge is 2.52. The molecule has 1 saturated heterocycles. The van der Waals surface area contributed by atoms with E-state index < -0.39 is 5.60 Å². The number of hydrogen-bond donors (Lipinski definition) is 2. The zero-order chi connectivity index (χ0) is 21.1. The maximum Gasteiger partial charge on any atom is 0.269 e. The molecule has 2 N–H and O–H groups in total. The molecule has 2 aliphatic heterocycles. The summed E-state index contributed by atoms with van der Waals surface area (Å²) in [5, 5.41) is 10.7. The molecule has 1 saturated carbocycles. The summed E-state index contributed by atoms with van der Waals surface area (Å²) in [7, 11) is 0. The SMILES string of the molecule is CC(C)NC(=O)C1=NOC2(C1)CN(C(=O)C1CCC1)CCC2NCc1ccccc1. The Morgan fingerprint density at radius 2 is 2.00 bits per heavy atom. The van der Waals surface area contributed by atoms with Crippen LogP contribution in [0, 0.1) is 5.92 Å². The first-order valence-electron chi connectivity index (χ1n) is 11.1. The van der Waals surface area contributed by atoms with Crippen LogP contribution in [0.2, 0.25) is 0 Å². The molecule has 7 nitrogen and oxygen atoms in total.